The number of alkyl halides is 1. The maximum Gasteiger partial charge on any atom is 0.0467 e. The molecule has 0 bridgehead atoms. The van der Waals surface area contributed by atoms with Gasteiger partial charge in [0.25, 0.3) is 0 Å². The van der Waals surface area contributed by atoms with Crippen LogP contribution in [0.15, 0.2) is 18.2 Å². The molecule has 0 fully saturated rings. The van der Waals surface area contributed by atoms with Crippen LogP contribution in [0.2, 0.25) is 5.02 Å². The normalized spacial score (nSPS) is 10.4. The molecule has 0 aromatic heterocycles. The van der Waals surface area contributed by atoms with E-state index >= 15 is 0 Å². The summed E-state index contributed by atoms with van der Waals surface area (Å²) in [6.45, 7) is 6.47. The van der Waals surface area contributed by atoms with E-state index in [4.69, 9.17) is 11.6 Å². The molecule has 0 saturated carbocycles. The zero-order valence-corrected chi connectivity index (χ0v) is 11.6. The lowest BCUT2D eigenvalue weighted by atomic mass is 10.1. The van der Waals surface area contributed by atoms with E-state index in [1.165, 1.54) is 11.3 Å². The van der Waals surface area contributed by atoms with Crippen LogP contribution in [-0.4, -0.2) is 13.1 Å². The van der Waals surface area contributed by atoms with Gasteiger partial charge in [-0.05, 0) is 25.5 Å². The lowest BCUT2D eigenvalue weighted by Crippen LogP contribution is -2.24. The Bertz CT molecular complexity index is 314. The number of anilines is 1. The van der Waals surface area contributed by atoms with Crippen molar-refractivity contribution in [3.05, 3.63) is 28.8 Å². The van der Waals surface area contributed by atoms with Crippen LogP contribution in [0.25, 0.3) is 0 Å². The molecule has 0 aliphatic carbocycles. The average Bonchev–Trinajstić information content (AvgIpc) is 2.25. The van der Waals surface area contributed by atoms with Crippen molar-refractivity contribution in [2.75, 3.05) is 18.0 Å². The molecular weight excluding hydrogens is 273 g/mol. The van der Waals surface area contributed by atoms with Crippen LogP contribution >= 0.6 is 27.5 Å². The van der Waals surface area contributed by atoms with Crippen LogP contribution in [0.1, 0.15) is 25.8 Å². The van der Waals surface area contributed by atoms with Gasteiger partial charge in [-0.1, -0.05) is 40.5 Å². The Kier molecular flexibility index (Phi) is 5.48. The fourth-order valence-corrected chi connectivity index (χ4v) is 2.68. The molecule has 1 rings (SSSR count). The Balaban J connectivity index is 3.04. The lowest BCUT2D eigenvalue weighted by Gasteiger charge is -2.25. The van der Waals surface area contributed by atoms with E-state index in [1.807, 2.05) is 12.1 Å². The van der Waals surface area contributed by atoms with E-state index in [0.29, 0.717) is 0 Å². The maximum absolute atomic E-state index is 6.17. The van der Waals surface area contributed by atoms with Gasteiger partial charge in [-0.25, -0.2) is 0 Å². The van der Waals surface area contributed by atoms with Crippen LogP contribution in [0.3, 0.4) is 0 Å². The third kappa shape index (κ3) is 3.12. The zero-order chi connectivity index (χ0) is 11.3. The summed E-state index contributed by atoms with van der Waals surface area (Å²) in [5.41, 5.74) is 2.44. The topological polar surface area (TPSA) is 3.24 Å². The molecule has 1 nitrogen and oxygen atoms in total. The van der Waals surface area contributed by atoms with Crippen LogP contribution in [0, 0.1) is 0 Å². The van der Waals surface area contributed by atoms with Crippen molar-refractivity contribution in [1.29, 1.82) is 0 Å². The summed E-state index contributed by atoms with van der Waals surface area (Å²) in [5, 5.41) is 1.65. The van der Waals surface area contributed by atoms with Crippen molar-refractivity contribution in [1.82, 2.24) is 0 Å². The van der Waals surface area contributed by atoms with E-state index in [1.54, 1.807) is 0 Å². The Morgan fingerprint density at radius 2 is 2.07 bits per heavy atom. The molecule has 0 radical (unpaired) electrons. The number of halogens is 2. The standard InChI is InChI=1S/C12H17BrClN/c1-3-8-15(4-2)12-7-5-6-11(14)10(12)9-13/h5-7H,3-4,8-9H2,1-2H3. The van der Waals surface area contributed by atoms with Crippen LogP contribution in [-0.2, 0) is 5.33 Å². The van der Waals surface area contributed by atoms with Gasteiger partial charge in [-0.3, -0.25) is 0 Å². The quantitative estimate of drug-likeness (QED) is 0.723. The van der Waals surface area contributed by atoms with Gasteiger partial charge in [0.15, 0.2) is 0 Å². The molecule has 1 aromatic carbocycles. The SMILES string of the molecule is CCCN(CC)c1cccc(Cl)c1CBr. The first-order valence-electron chi connectivity index (χ1n) is 5.32. The highest BCUT2D eigenvalue weighted by Gasteiger charge is 2.10. The third-order valence-corrected chi connectivity index (χ3v) is 3.36. The maximum atomic E-state index is 6.17. The molecule has 0 spiro atoms. The largest absolute Gasteiger partial charge is 0.372 e. The highest BCUT2D eigenvalue weighted by molar-refractivity contribution is 9.08. The molecule has 0 N–H and O–H groups in total. The first kappa shape index (κ1) is 12.9. The molecule has 1 aromatic rings. The van der Waals surface area contributed by atoms with Gasteiger partial charge in [-0.2, -0.15) is 0 Å². The van der Waals surface area contributed by atoms with Gasteiger partial charge in [0.05, 0.1) is 0 Å². The Hall–Kier alpha value is -0.210. The highest BCUT2D eigenvalue weighted by atomic mass is 79.9. The predicted molar refractivity (Wildman–Crippen MR) is 72.3 cm³/mol. The average molecular weight is 291 g/mol. The minimum absolute atomic E-state index is 0.808. The summed E-state index contributed by atoms with van der Waals surface area (Å²) in [6.07, 6.45) is 1.15. The predicted octanol–water partition coefficient (Wildman–Crippen LogP) is 4.47. The van der Waals surface area contributed by atoms with E-state index < -0.39 is 0 Å². The van der Waals surface area contributed by atoms with Crippen molar-refractivity contribution in [2.45, 2.75) is 25.6 Å². The zero-order valence-electron chi connectivity index (χ0n) is 9.26. The molecule has 0 saturated heterocycles. The monoisotopic (exact) mass is 289 g/mol. The molecule has 0 aliphatic heterocycles. The fourth-order valence-electron chi connectivity index (χ4n) is 1.69. The summed E-state index contributed by atoms with van der Waals surface area (Å²) in [5.74, 6) is 0. The molecule has 3 heteroatoms. The summed E-state index contributed by atoms with van der Waals surface area (Å²) in [4.78, 5) is 2.36. The van der Waals surface area contributed by atoms with E-state index in [-0.39, 0.29) is 0 Å². The molecule has 0 aliphatic rings. The number of nitrogens with zero attached hydrogens (tertiary/aromatic N) is 1. The van der Waals surface area contributed by atoms with Crippen molar-refractivity contribution in [2.24, 2.45) is 0 Å². The van der Waals surface area contributed by atoms with Gasteiger partial charge in [0.1, 0.15) is 0 Å². The van der Waals surface area contributed by atoms with E-state index in [9.17, 15) is 0 Å². The Morgan fingerprint density at radius 1 is 1.33 bits per heavy atom. The molecule has 0 atom stereocenters. The molecule has 0 heterocycles. The van der Waals surface area contributed by atoms with E-state index in [0.717, 1.165) is 29.9 Å². The third-order valence-electron chi connectivity index (χ3n) is 2.44. The minimum Gasteiger partial charge on any atom is -0.372 e. The van der Waals surface area contributed by atoms with Gasteiger partial charge in [0, 0.05) is 34.7 Å². The van der Waals surface area contributed by atoms with Gasteiger partial charge in [-0.15, -0.1) is 0 Å². The van der Waals surface area contributed by atoms with Crippen molar-refractivity contribution >= 4 is 33.2 Å². The van der Waals surface area contributed by atoms with E-state index in [2.05, 4.69) is 40.7 Å². The van der Waals surface area contributed by atoms with Gasteiger partial charge < -0.3 is 4.90 Å². The second-order valence-electron chi connectivity index (χ2n) is 3.45. The minimum atomic E-state index is 0.808. The lowest BCUT2D eigenvalue weighted by molar-refractivity contribution is 0.789. The van der Waals surface area contributed by atoms with Crippen LogP contribution in [0.5, 0.6) is 0 Å². The Labute approximate surface area is 106 Å². The van der Waals surface area contributed by atoms with Crippen molar-refractivity contribution in [3.8, 4) is 0 Å². The van der Waals surface area contributed by atoms with Crippen molar-refractivity contribution < 1.29 is 0 Å². The molecular formula is C12H17BrClN. The van der Waals surface area contributed by atoms with Crippen LogP contribution < -0.4 is 4.90 Å². The second-order valence-corrected chi connectivity index (χ2v) is 4.42. The summed E-state index contributed by atoms with van der Waals surface area (Å²) in [7, 11) is 0. The Morgan fingerprint density at radius 3 is 2.60 bits per heavy atom. The number of benzene rings is 1. The second kappa shape index (κ2) is 6.39. The van der Waals surface area contributed by atoms with Gasteiger partial charge in [0.2, 0.25) is 0 Å². The molecule has 0 unspecified atom stereocenters. The first-order chi connectivity index (χ1) is 7.24. The smallest absolute Gasteiger partial charge is 0.0467 e. The summed E-state index contributed by atoms with van der Waals surface area (Å²) >= 11 is 9.67. The first-order valence-corrected chi connectivity index (χ1v) is 6.82. The number of rotatable bonds is 5. The van der Waals surface area contributed by atoms with Gasteiger partial charge >= 0.3 is 0 Å². The summed E-state index contributed by atoms with van der Waals surface area (Å²) in [6, 6.07) is 6.10. The molecule has 0 amide bonds. The molecule has 84 valence electrons. The number of hydrogen-bond donors (Lipinski definition) is 0. The van der Waals surface area contributed by atoms with Crippen LogP contribution in [0.4, 0.5) is 5.69 Å². The highest BCUT2D eigenvalue weighted by Crippen LogP contribution is 2.29. The van der Waals surface area contributed by atoms with Crippen molar-refractivity contribution in [3.63, 3.8) is 0 Å². The fraction of sp³-hybridized carbons (Fsp3) is 0.500. The molecule has 15 heavy (non-hydrogen) atoms. The number of hydrogen-bond acceptors (Lipinski definition) is 1. The summed E-state index contributed by atoms with van der Waals surface area (Å²) < 4.78 is 0.